The van der Waals surface area contributed by atoms with Crippen molar-refractivity contribution in [3.63, 3.8) is 0 Å². The summed E-state index contributed by atoms with van der Waals surface area (Å²) in [5.74, 6) is 1.23. The Morgan fingerprint density at radius 2 is 2.17 bits per heavy atom. The van der Waals surface area contributed by atoms with Gasteiger partial charge in [-0.3, -0.25) is 4.90 Å². The van der Waals surface area contributed by atoms with E-state index in [0.29, 0.717) is 30.8 Å². The molecule has 0 amide bonds. The summed E-state index contributed by atoms with van der Waals surface area (Å²) in [6.45, 7) is 1.26. The largest absolute Gasteiger partial charge is 0.395 e. The molecule has 0 bridgehead atoms. The molecule has 2 aromatic heterocycles. The first-order chi connectivity index (χ1) is 11.8. The van der Waals surface area contributed by atoms with E-state index in [1.165, 1.54) is 11.1 Å². The Kier molecular flexibility index (Phi) is 4.42. The second-order valence-electron chi connectivity index (χ2n) is 5.94. The summed E-state index contributed by atoms with van der Waals surface area (Å²) in [7, 11) is 0. The fraction of sp³-hybridized carbons (Fsp3) is 0.333. The Morgan fingerprint density at radius 1 is 1.25 bits per heavy atom. The summed E-state index contributed by atoms with van der Waals surface area (Å²) in [5, 5.41) is 15.5. The van der Waals surface area contributed by atoms with Crippen LogP contribution in [0.1, 0.15) is 29.5 Å². The van der Waals surface area contributed by atoms with E-state index in [1.54, 1.807) is 11.3 Å². The molecule has 1 aromatic carbocycles. The number of rotatable bonds is 6. The lowest BCUT2D eigenvalue weighted by molar-refractivity contribution is 0.128. The molecule has 1 aliphatic carbocycles. The Balaban J connectivity index is 1.54. The topological polar surface area (TPSA) is 62.4 Å². The van der Waals surface area contributed by atoms with Gasteiger partial charge in [0.05, 0.1) is 18.0 Å². The molecular formula is C18H19N3O2S. The van der Waals surface area contributed by atoms with Crippen molar-refractivity contribution in [1.29, 1.82) is 0 Å². The van der Waals surface area contributed by atoms with E-state index in [4.69, 9.17) is 4.52 Å². The van der Waals surface area contributed by atoms with Crippen molar-refractivity contribution >= 4 is 11.3 Å². The molecule has 4 rings (SSSR count). The molecule has 1 N–H and O–H groups in total. The summed E-state index contributed by atoms with van der Waals surface area (Å²) in [6.07, 6.45) is 2.14. The number of hydrogen-bond acceptors (Lipinski definition) is 6. The van der Waals surface area contributed by atoms with Gasteiger partial charge in [-0.2, -0.15) is 4.98 Å². The highest BCUT2D eigenvalue weighted by atomic mass is 32.1. The van der Waals surface area contributed by atoms with E-state index in [0.717, 1.165) is 17.7 Å². The molecule has 0 radical (unpaired) electrons. The molecule has 0 fully saturated rings. The summed E-state index contributed by atoms with van der Waals surface area (Å²) in [4.78, 5) is 7.75. The molecule has 3 aromatic rings. The van der Waals surface area contributed by atoms with Crippen molar-refractivity contribution in [3.8, 4) is 10.7 Å². The van der Waals surface area contributed by atoms with Crippen molar-refractivity contribution in [2.75, 3.05) is 13.2 Å². The van der Waals surface area contributed by atoms with Gasteiger partial charge in [0.25, 0.3) is 0 Å². The van der Waals surface area contributed by atoms with Gasteiger partial charge in [-0.25, -0.2) is 0 Å². The van der Waals surface area contributed by atoms with Crippen LogP contribution in [-0.4, -0.2) is 33.3 Å². The van der Waals surface area contributed by atoms with Crippen LogP contribution in [0.15, 0.2) is 46.3 Å². The van der Waals surface area contributed by atoms with Crippen LogP contribution in [0.4, 0.5) is 0 Å². The lowest BCUT2D eigenvalue weighted by Crippen LogP contribution is -2.30. The molecule has 124 valence electrons. The van der Waals surface area contributed by atoms with E-state index in [-0.39, 0.29) is 6.61 Å². The van der Waals surface area contributed by atoms with Gasteiger partial charge in [0.15, 0.2) is 0 Å². The summed E-state index contributed by atoms with van der Waals surface area (Å²) in [6, 6.07) is 12.8. The van der Waals surface area contributed by atoms with Crippen LogP contribution >= 0.6 is 11.3 Å². The first-order valence-electron chi connectivity index (χ1n) is 8.14. The number of fused-ring (bicyclic) bond motifs is 1. The maximum atomic E-state index is 9.47. The lowest BCUT2D eigenvalue weighted by Gasteiger charge is -2.27. The van der Waals surface area contributed by atoms with Gasteiger partial charge in [0.2, 0.25) is 11.7 Å². The smallest absolute Gasteiger partial charge is 0.241 e. The minimum absolute atomic E-state index is 0.116. The molecule has 6 heteroatoms. The maximum Gasteiger partial charge on any atom is 0.241 e. The third kappa shape index (κ3) is 3.00. The monoisotopic (exact) mass is 341 g/mol. The van der Waals surface area contributed by atoms with E-state index in [1.807, 2.05) is 17.5 Å². The summed E-state index contributed by atoms with van der Waals surface area (Å²) < 4.78 is 5.44. The van der Waals surface area contributed by atoms with Crippen molar-refractivity contribution in [2.24, 2.45) is 0 Å². The fourth-order valence-corrected chi connectivity index (χ4v) is 4.04. The normalized spacial score (nSPS) is 16.7. The van der Waals surface area contributed by atoms with Gasteiger partial charge in [-0.05, 0) is 35.4 Å². The van der Waals surface area contributed by atoms with E-state index in [9.17, 15) is 5.11 Å². The molecule has 0 saturated heterocycles. The SMILES string of the molecule is OCCN(Cc1nc(-c2cccs2)no1)[C@@H]1CCc2ccccc21. The zero-order chi connectivity index (χ0) is 16.4. The van der Waals surface area contributed by atoms with Gasteiger partial charge in [0, 0.05) is 12.6 Å². The first-order valence-corrected chi connectivity index (χ1v) is 9.02. The van der Waals surface area contributed by atoms with Gasteiger partial charge in [0.1, 0.15) is 0 Å². The van der Waals surface area contributed by atoms with Crippen LogP contribution in [0.25, 0.3) is 10.7 Å². The van der Waals surface area contributed by atoms with E-state index >= 15 is 0 Å². The predicted molar refractivity (Wildman–Crippen MR) is 92.6 cm³/mol. The number of benzene rings is 1. The van der Waals surface area contributed by atoms with Crippen LogP contribution in [0.2, 0.25) is 0 Å². The Hall–Kier alpha value is -2.02. The third-order valence-corrected chi connectivity index (χ3v) is 5.34. The number of aryl methyl sites for hydroxylation is 1. The Labute approximate surface area is 144 Å². The number of thiophene rings is 1. The van der Waals surface area contributed by atoms with Crippen molar-refractivity contribution < 1.29 is 9.63 Å². The predicted octanol–water partition coefficient (Wildman–Crippen LogP) is 3.28. The average Bonchev–Trinajstić information content (AvgIpc) is 3.34. The van der Waals surface area contributed by atoms with Crippen LogP contribution < -0.4 is 0 Å². The summed E-state index contributed by atoms with van der Waals surface area (Å²) in [5.41, 5.74) is 2.75. The highest BCUT2D eigenvalue weighted by molar-refractivity contribution is 7.13. The molecule has 0 spiro atoms. The summed E-state index contributed by atoms with van der Waals surface area (Å²) >= 11 is 1.60. The van der Waals surface area contributed by atoms with Gasteiger partial charge >= 0.3 is 0 Å². The number of aliphatic hydroxyl groups excluding tert-OH is 1. The second-order valence-corrected chi connectivity index (χ2v) is 6.88. The first kappa shape index (κ1) is 15.5. The number of aromatic nitrogens is 2. The molecule has 1 atom stereocenters. The molecule has 5 nitrogen and oxygen atoms in total. The number of nitrogens with zero attached hydrogens (tertiary/aromatic N) is 3. The van der Waals surface area contributed by atoms with Crippen LogP contribution in [0.3, 0.4) is 0 Å². The van der Waals surface area contributed by atoms with Gasteiger partial charge < -0.3 is 9.63 Å². The molecular weight excluding hydrogens is 322 g/mol. The molecule has 0 aliphatic heterocycles. The Morgan fingerprint density at radius 3 is 3.00 bits per heavy atom. The second kappa shape index (κ2) is 6.84. The van der Waals surface area contributed by atoms with Crippen LogP contribution in [-0.2, 0) is 13.0 Å². The minimum atomic E-state index is 0.116. The van der Waals surface area contributed by atoms with Crippen molar-refractivity contribution in [1.82, 2.24) is 15.0 Å². The standard InChI is InChI=1S/C18H19N3O2S/c22-10-9-21(15-8-7-13-4-1-2-5-14(13)15)12-17-19-18(20-23-17)16-6-3-11-24-16/h1-6,11,15,22H,7-10,12H2/t15-/m1/s1. The molecule has 0 unspecified atom stereocenters. The van der Waals surface area contributed by atoms with Gasteiger partial charge in [-0.15, -0.1) is 11.3 Å². The van der Waals surface area contributed by atoms with Crippen LogP contribution in [0.5, 0.6) is 0 Å². The zero-order valence-electron chi connectivity index (χ0n) is 13.3. The molecule has 1 aliphatic rings. The highest BCUT2D eigenvalue weighted by Gasteiger charge is 2.28. The average molecular weight is 341 g/mol. The highest BCUT2D eigenvalue weighted by Crippen LogP contribution is 2.36. The fourth-order valence-electron chi connectivity index (χ4n) is 3.39. The molecule has 0 saturated carbocycles. The molecule has 2 heterocycles. The number of aliphatic hydroxyl groups is 1. The van der Waals surface area contributed by atoms with E-state index < -0.39 is 0 Å². The minimum Gasteiger partial charge on any atom is -0.395 e. The van der Waals surface area contributed by atoms with Gasteiger partial charge in [-0.1, -0.05) is 35.5 Å². The van der Waals surface area contributed by atoms with E-state index in [2.05, 4.69) is 39.3 Å². The Bertz CT molecular complexity index is 800. The quantitative estimate of drug-likeness (QED) is 0.745. The zero-order valence-corrected chi connectivity index (χ0v) is 14.1. The number of hydrogen-bond donors (Lipinski definition) is 1. The van der Waals surface area contributed by atoms with Crippen LogP contribution in [0, 0.1) is 0 Å². The van der Waals surface area contributed by atoms with Crippen molar-refractivity contribution in [2.45, 2.75) is 25.4 Å². The maximum absolute atomic E-state index is 9.47. The lowest BCUT2D eigenvalue weighted by atomic mass is 10.1. The van der Waals surface area contributed by atoms with Crippen molar-refractivity contribution in [3.05, 3.63) is 58.8 Å². The molecule has 24 heavy (non-hydrogen) atoms. The third-order valence-electron chi connectivity index (χ3n) is 4.48.